The van der Waals surface area contributed by atoms with Gasteiger partial charge in [0.2, 0.25) is 0 Å². The molecule has 1 aliphatic carbocycles. The maximum Gasteiger partial charge on any atom is 0.391 e. The molecular weight excluding hydrogens is 293 g/mol. The second kappa shape index (κ2) is 5.66. The zero-order valence-electron chi connectivity index (χ0n) is 11.9. The molecule has 0 atom stereocenters. The highest BCUT2D eigenvalue weighted by atomic mass is 19.4. The number of alkyl halides is 3. The number of hydrogen-bond donors (Lipinski definition) is 1. The summed E-state index contributed by atoms with van der Waals surface area (Å²) >= 11 is 0. The first-order valence-electron chi connectivity index (χ1n) is 7.31. The van der Waals surface area contributed by atoms with Gasteiger partial charge in [-0.25, -0.2) is 0 Å². The molecule has 1 aliphatic rings. The Labute approximate surface area is 126 Å². The molecule has 1 saturated carbocycles. The molecule has 0 spiro atoms. The van der Waals surface area contributed by atoms with E-state index in [0.29, 0.717) is 24.3 Å². The Kier molecular flexibility index (Phi) is 3.85. The summed E-state index contributed by atoms with van der Waals surface area (Å²) in [6.45, 7) is 0. The fourth-order valence-corrected chi connectivity index (χ4v) is 2.93. The number of halogens is 3. The van der Waals surface area contributed by atoms with Crippen molar-refractivity contribution in [1.29, 1.82) is 0 Å². The molecule has 0 radical (unpaired) electrons. The van der Waals surface area contributed by atoms with Crippen molar-refractivity contribution < 1.29 is 17.9 Å². The van der Waals surface area contributed by atoms with Crippen molar-refractivity contribution in [2.45, 2.75) is 38.0 Å². The maximum absolute atomic E-state index is 12.7. The molecule has 0 aliphatic heterocycles. The van der Waals surface area contributed by atoms with Crippen molar-refractivity contribution in [1.82, 2.24) is 4.98 Å². The average Bonchev–Trinajstić information content (AvgIpc) is 2.47. The minimum Gasteiger partial charge on any atom is -0.490 e. The van der Waals surface area contributed by atoms with Crippen LogP contribution in [0.5, 0.6) is 5.75 Å². The number of rotatable bonds is 2. The molecular formula is C16H17F3N2O. The first-order valence-corrected chi connectivity index (χ1v) is 7.31. The smallest absolute Gasteiger partial charge is 0.391 e. The summed E-state index contributed by atoms with van der Waals surface area (Å²) in [7, 11) is 0. The molecule has 6 heteroatoms. The largest absolute Gasteiger partial charge is 0.490 e. The fourth-order valence-electron chi connectivity index (χ4n) is 2.93. The predicted octanol–water partition coefficient (Wildman–Crippen LogP) is 4.32. The van der Waals surface area contributed by atoms with Crippen molar-refractivity contribution in [3.63, 3.8) is 0 Å². The Bertz CT molecular complexity index is 664. The minimum absolute atomic E-state index is 0.124. The van der Waals surface area contributed by atoms with Gasteiger partial charge in [-0.3, -0.25) is 4.98 Å². The molecule has 22 heavy (non-hydrogen) atoms. The number of hydrogen-bond acceptors (Lipinski definition) is 3. The molecule has 3 nitrogen and oxygen atoms in total. The molecule has 1 aromatic heterocycles. The standard InChI is InChI=1S/C16H17F3N2O/c17-16(18,19)10-4-6-12(7-5-10)22-15-3-1-2-14-13(15)8-11(20)9-21-14/h1-3,8-10,12H,4-7,20H2. The molecule has 1 fully saturated rings. The van der Waals surface area contributed by atoms with Crippen LogP contribution in [0.4, 0.5) is 18.9 Å². The number of ether oxygens (including phenoxy) is 1. The van der Waals surface area contributed by atoms with E-state index in [9.17, 15) is 13.2 Å². The second-order valence-electron chi connectivity index (χ2n) is 5.72. The Morgan fingerprint density at radius 1 is 1.14 bits per heavy atom. The minimum atomic E-state index is -4.09. The number of nitrogens with two attached hydrogens (primary N) is 1. The quantitative estimate of drug-likeness (QED) is 0.899. The van der Waals surface area contributed by atoms with Gasteiger partial charge in [-0.05, 0) is 43.9 Å². The zero-order valence-corrected chi connectivity index (χ0v) is 11.9. The van der Waals surface area contributed by atoms with Gasteiger partial charge in [-0.15, -0.1) is 0 Å². The van der Waals surface area contributed by atoms with Crippen LogP contribution in [-0.4, -0.2) is 17.3 Å². The van der Waals surface area contributed by atoms with Gasteiger partial charge in [-0.1, -0.05) is 6.07 Å². The molecule has 118 valence electrons. The number of anilines is 1. The third-order valence-electron chi connectivity index (χ3n) is 4.14. The van der Waals surface area contributed by atoms with Crippen molar-refractivity contribution >= 4 is 16.6 Å². The van der Waals surface area contributed by atoms with E-state index in [4.69, 9.17) is 10.5 Å². The van der Waals surface area contributed by atoms with E-state index in [2.05, 4.69) is 4.98 Å². The van der Waals surface area contributed by atoms with Gasteiger partial charge in [0.05, 0.1) is 29.4 Å². The lowest BCUT2D eigenvalue weighted by atomic mass is 9.87. The number of nitrogens with zero attached hydrogens (tertiary/aromatic N) is 1. The summed E-state index contributed by atoms with van der Waals surface area (Å²) in [6, 6.07) is 7.25. The zero-order chi connectivity index (χ0) is 15.7. The Morgan fingerprint density at radius 3 is 2.55 bits per heavy atom. The molecule has 0 unspecified atom stereocenters. The van der Waals surface area contributed by atoms with E-state index < -0.39 is 12.1 Å². The lowest BCUT2D eigenvalue weighted by Gasteiger charge is -2.30. The number of nitrogen functional groups attached to an aromatic ring is 1. The summed E-state index contributed by atoms with van der Waals surface area (Å²) in [5.41, 5.74) is 7.04. The van der Waals surface area contributed by atoms with Crippen molar-refractivity contribution in [3.05, 3.63) is 30.5 Å². The molecule has 1 heterocycles. The van der Waals surface area contributed by atoms with Gasteiger partial charge in [0, 0.05) is 5.39 Å². The summed E-state index contributed by atoms with van der Waals surface area (Å²) in [5, 5.41) is 0.792. The topological polar surface area (TPSA) is 48.1 Å². The Morgan fingerprint density at radius 2 is 1.86 bits per heavy atom. The first kappa shape index (κ1) is 14.9. The molecule has 3 rings (SSSR count). The summed E-state index contributed by atoms with van der Waals surface area (Å²) < 4.78 is 44.0. The van der Waals surface area contributed by atoms with E-state index in [1.807, 2.05) is 12.1 Å². The van der Waals surface area contributed by atoms with E-state index in [1.165, 1.54) is 0 Å². The van der Waals surface area contributed by atoms with Crippen LogP contribution >= 0.6 is 0 Å². The molecule has 1 aromatic carbocycles. The van der Waals surface area contributed by atoms with Crippen LogP contribution < -0.4 is 10.5 Å². The number of pyridine rings is 1. The van der Waals surface area contributed by atoms with Gasteiger partial charge in [0.15, 0.2) is 0 Å². The van der Waals surface area contributed by atoms with Crippen molar-refractivity contribution in [2.75, 3.05) is 5.73 Å². The number of fused-ring (bicyclic) bond motifs is 1. The fraction of sp³-hybridized carbons (Fsp3) is 0.438. The third-order valence-corrected chi connectivity index (χ3v) is 4.14. The number of aromatic nitrogens is 1. The normalized spacial score (nSPS) is 22.7. The second-order valence-corrected chi connectivity index (χ2v) is 5.72. The summed E-state index contributed by atoms with van der Waals surface area (Å²) in [6.07, 6.45) is -1.64. The van der Waals surface area contributed by atoms with Gasteiger partial charge >= 0.3 is 6.18 Å². The van der Waals surface area contributed by atoms with E-state index in [1.54, 1.807) is 18.3 Å². The van der Waals surface area contributed by atoms with Crippen LogP contribution in [-0.2, 0) is 0 Å². The number of benzene rings is 1. The van der Waals surface area contributed by atoms with Crippen molar-refractivity contribution in [3.8, 4) is 5.75 Å². The van der Waals surface area contributed by atoms with Gasteiger partial charge in [-0.2, -0.15) is 13.2 Å². The first-order chi connectivity index (χ1) is 10.4. The average molecular weight is 310 g/mol. The Hall–Kier alpha value is -1.98. The van der Waals surface area contributed by atoms with E-state index in [0.717, 1.165) is 10.9 Å². The highest BCUT2D eigenvalue weighted by Gasteiger charge is 2.41. The monoisotopic (exact) mass is 310 g/mol. The third kappa shape index (κ3) is 3.10. The summed E-state index contributed by atoms with van der Waals surface area (Å²) in [5.74, 6) is -0.565. The Balaban J connectivity index is 1.74. The molecule has 0 bridgehead atoms. The lowest BCUT2D eigenvalue weighted by Crippen LogP contribution is -2.31. The van der Waals surface area contributed by atoms with E-state index in [-0.39, 0.29) is 18.9 Å². The SMILES string of the molecule is Nc1cnc2cccc(OC3CCC(C(F)(F)F)CC3)c2c1. The summed E-state index contributed by atoms with van der Waals surface area (Å²) in [4.78, 5) is 4.23. The van der Waals surface area contributed by atoms with Crippen LogP contribution in [0.3, 0.4) is 0 Å². The highest BCUT2D eigenvalue weighted by Crippen LogP contribution is 2.39. The van der Waals surface area contributed by atoms with Gasteiger partial charge in [0.1, 0.15) is 5.75 Å². The molecule has 0 saturated heterocycles. The molecule has 2 aromatic rings. The van der Waals surface area contributed by atoms with Crippen LogP contribution in [0.15, 0.2) is 30.5 Å². The molecule has 0 amide bonds. The van der Waals surface area contributed by atoms with Crippen LogP contribution in [0.1, 0.15) is 25.7 Å². The highest BCUT2D eigenvalue weighted by molar-refractivity contribution is 5.87. The molecule has 2 N–H and O–H groups in total. The van der Waals surface area contributed by atoms with E-state index >= 15 is 0 Å². The van der Waals surface area contributed by atoms with Crippen molar-refractivity contribution in [2.24, 2.45) is 5.92 Å². The van der Waals surface area contributed by atoms with Gasteiger partial charge in [0.25, 0.3) is 0 Å². The lowest BCUT2D eigenvalue weighted by molar-refractivity contribution is -0.185. The van der Waals surface area contributed by atoms with Crippen LogP contribution in [0, 0.1) is 5.92 Å². The van der Waals surface area contributed by atoms with Crippen LogP contribution in [0.2, 0.25) is 0 Å². The van der Waals surface area contributed by atoms with Crippen LogP contribution in [0.25, 0.3) is 10.9 Å². The van der Waals surface area contributed by atoms with Gasteiger partial charge < -0.3 is 10.5 Å². The predicted molar refractivity (Wildman–Crippen MR) is 78.6 cm³/mol. The maximum atomic E-state index is 12.7.